The van der Waals surface area contributed by atoms with Gasteiger partial charge >= 0.3 is 0 Å². The predicted octanol–water partition coefficient (Wildman–Crippen LogP) is 3.98. The molecule has 1 unspecified atom stereocenters. The summed E-state index contributed by atoms with van der Waals surface area (Å²) in [5.74, 6) is 1.53. The van der Waals surface area contributed by atoms with E-state index in [9.17, 15) is 0 Å². The molecule has 3 nitrogen and oxygen atoms in total. The van der Waals surface area contributed by atoms with Crippen LogP contribution in [-0.4, -0.2) is 30.8 Å². The number of rotatable bonds is 4. The van der Waals surface area contributed by atoms with E-state index < -0.39 is 0 Å². The number of ether oxygens (including phenoxy) is 1. The second-order valence-electron chi connectivity index (χ2n) is 5.46. The number of hydrogen-bond acceptors (Lipinski definition) is 3. The number of nitrogens with zero attached hydrogens (tertiary/aromatic N) is 2. The van der Waals surface area contributed by atoms with Crippen LogP contribution >= 0.6 is 11.6 Å². The van der Waals surface area contributed by atoms with Gasteiger partial charge in [0.1, 0.15) is 5.82 Å². The third-order valence-corrected chi connectivity index (χ3v) is 4.32. The van der Waals surface area contributed by atoms with E-state index >= 15 is 0 Å². The molecule has 0 aliphatic carbocycles. The van der Waals surface area contributed by atoms with Crippen LogP contribution in [0.2, 0.25) is 0 Å². The number of aromatic nitrogens is 1. The maximum atomic E-state index is 6.12. The van der Waals surface area contributed by atoms with Gasteiger partial charge < -0.3 is 9.64 Å². The molecule has 1 aromatic carbocycles. The van der Waals surface area contributed by atoms with Crippen LogP contribution in [0, 0.1) is 0 Å². The van der Waals surface area contributed by atoms with Gasteiger partial charge in [-0.1, -0.05) is 18.2 Å². The molecule has 0 amide bonds. The zero-order chi connectivity index (χ0) is 14.7. The summed E-state index contributed by atoms with van der Waals surface area (Å²) >= 11 is 6.12. The highest BCUT2D eigenvalue weighted by molar-refractivity contribution is 6.18. The quantitative estimate of drug-likeness (QED) is 0.799. The lowest BCUT2D eigenvalue weighted by Gasteiger charge is -2.33. The molecule has 1 aromatic heterocycles. The summed E-state index contributed by atoms with van der Waals surface area (Å²) in [6.07, 6.45) is 2.60. The van der Waals surface area contributed by atoms with Gasteiger partial charge in [0.25, 0.3) is 0 Å². The van der Waals surface area contributed by atoms with Gasteiger partial charge in [-0.15, -0.1) is 11.6 Å². The SMILES string of the molecule is CCOC1CCCN(c2cc(CCl)c3ccccc3n2)C1. The van der Waals surface area contributed by atoms with Crippen molar-refractivity contribution in [3.63, 3.8) is 0 Å². The summed E-state index contributed by atoms with van der Waals surface area (Å²) in [5, 5.41) is 1.15. The van der Waals surface area contributed by atoms with Crippen LogP contribution in [0.3, 0.4) is 0 Å². The van der Waals surface area contributed by atoms with Crippen LogP contribution in [0.4, 0.5) is 5.82 Å². The zero-order valence-corrected chi connectivity index (χ0v) is 13.1. The molecule has 4 heteroatoms. The lowest BCUT2D eigenvalue weighted by molar-refractivity contribution is 0.0525. The molecular formula is C17H21ClN2O. The molecule has 112 valence electrons. The molecule has 0 spiro atoms. The molecule has 1 aliphatic rings. The average Bonchev–Trinajstić information content (AvgIpc) is 2.54. The van der Waals surface area contributed by atoms with Crippen molar-refractivity contribution in [2.45, 2.75) is 31.7 Å². The first-order chi connectivity index (χ1) is 10.3. The number of benzene rings is 1. The van der Waals surface area contributed by atoms with Crippen LogP contribution in [0.1, 0.15) is 25.3 Å². The largest absolute Gasteiger partial charge is 0.377 e. The Kier molecular flexibility index (Phi) is 4.61. The van der Waals surface area contributed by atoms with Crippen LogP contribution < -0.4 is 4.90 Å². The van der Waals surface area contributed by atoms with Crippen molar-refractivity contribution >= 4 is 28.3 Å². The Morgan fingerprint density at radius 2 is 2.24 bits per heavy atom. The van der Waals surface area contributed by atoms with Crippen molar-refractivity contribution in [1.29, 1.82) is 0 Å². The monoisotopic (exact) mass is 304 g/mol. The molecule has 1 atom stereocenters. The Hall–Kier alpha value is -1.32. The third kappa shape index (κ3) is 3.14. The van der Waals surface area contributed by atoms with Crippen LogP contribution in [0.15, 0.2) is 30.3 Å². The molecule has 0 radical (unpaired) electrons. The number of alkyl halides is 1. The fourth-order valence-corrected chi connectivity index (χ4v) is 3.24. The van der Waals surface area contributed by atoms with Crippen LogP contribution in [0.25, 0.3) is 10.9 Å². The van der Waals surface area contributed by atoms with Gasteiger partial charge in [0.15, 0.2) is 0 Å². The van der Waals surface area contributed by atoms with E-state index in [4.69, 9.17) is 21.3 Å². The van der Waals surface area contributed by atoms with Crippen molar-refractivity contribution in [1.82, 2.24) is 4.98 Å². The van der Waals surface area contributed by atoms with E-state index in [0.717, 1.165) is 54.8 Å². The first-order valence-electron chi connectivity index (χ1n) is 7.63. The standard InChI is InChI=1S/C17H21ClN2O/c1-2-21-14-6-5-9-20(12-14)17-10-13(11-18)15-7-3-4-8-16(15)19-17/h3-4,7-8,10,14H,2,5-6,9,11-12H2,1H3. The Labute approximate surface area is 130 Å². The van der Waals surface area contributed by atoms with Crippen LogP contribution in [0.5, 0.6) is 0 Å². The van der Waals surface area contributed by atoms with Gasteiger partial charge in [-0.25, -0.2) is 4.98 Å². The maximum absolute atomic E-state index is 6.12. The Morgan fingerprint density at radius 1 is 1.38 bits per heavy atom. The number of halogens is 1. The fraction of sp³-hybridized carbons (Fsp3) is 0.471. The van der Waals surface area contributed by atoms with Crippen molar-refractivity contribution in [3.8, 4) is 0 Å². The van der Waals surface area contributed by atoms with E-state index in [0.29, 0.717) is 12.0 Å². The van der Waals surface area contributed by atoms with E-state index in [2.05, 4.69) is 30.0 Å². The van der Waals surface area contributed by atoms with Gasteiger partial charge in [-0.05, 0) is 37.5 Å². The highest BCUT2D eigenvalue weighted by Gasteiger charge is 2.21. The first-order valence-corrected chi connectivity index (χ1v) is 8.16. The zero-order valence-electron chi connectivity index (χ0n) is 12.4. The Morgan fingerprint density at radius 3 is 3.05 bits per heavy atom. The second kappa shape index (κ2) is 6.63. The summed E-state index contributed by atoms with van der Waals surface area (Å²) in [5.41, 5.74) is 2.17. The molecule has 0 N–H and O–H groups in total. The molecule has 1 aliphatic heterocycles. The fourth-order valence-electron chi connectivity index (χ4n) is 3.02. The third-order valence-electron chi connectivity index (χ3n) is 4.04. The molecule has 2 aromatic rings. The van der Waals surface area contributed by atoms with E-state index in [-0.39, 0.29) is 0 Å². The number of anilines is 1. The van der Waals surface area contributed by atoms with Crippen molar-refractivity contribution in [3.05, 3.63) is 35.9 Å². The van der Waals surface area contributed by atoms with Gasteiger partial charge in [0.2, 0.25) is 0 Å². The van der Waals surface area contributed by atoms with Gasteiger partial charge in [0.05, 0.1) is 11.6 Å². The normalized spacial score (nSPS) is 19.1. The minimum atomic E-state index is 0.316. The number of hydrogen-bond donors (Lipinski definition) is 0. The predicted molar refractivity (Wildman–Crippen MR) is 88.2 cm³/mol. The first kappa shape index (κ1) is 14.6. The molecule has 0 bridgehead atoms. The number of fused-ring (bicyclic) bond motifs is 1. The minimum absolute atomic E-state index is 0.316. The minimum Gasteiger partial charge on any atom is -0.377 e. The smallest absolute Gasteiger partial charge is 0.129 e. The summed E-state index contributed by atoms with van der Waals surface area (Å²) in [6.45, 7) is 4.78. The molecule has 3 rings (SSSR count). The topological polar surface area (TPSA) is 25.4 Å². The highest BCUT2D eigenvalue weighted by Crippen LogP contribution is 2.26. The molecule has 1 fully saturated rings. The van der Waals surface area contributed by atoms with Gasteiger partial charge in [0, 0.05) is 31.0 Å². The maximum Gasteiger partial charge on any atom is 0.129 e. The van der Waals surface area contributed by atoms with Crippen LogP contribution in [-0.2, 0) is 10.6 Å². The number of piperidine rings is 1. The second-order valence-corrected chi connectivity index (χ2v) is 5.72. The number of pyridine rings is 1. The molecule has 2 heterocycles. The van der Waals surface area contributed by atoms with E-state index in [1.54, 1.807) is 0 Å². The molecule has 1 saturated heterocycles. The average molecular weight is 305 g/mol. The van der Waals surface area contributed by atoms with E-state index in [1.807, 2.05) is 12.1 Å². The number of para-hydroxylation sites is 1. The van der Waals surface area contributed by atoms with Crippen molar-refractivity contribution in [2.75, 3.05) is 24.6 Å². The summed E-state index contributed by atoms with van der Waals surface area (Å²) in [6, 6.07) is 10.3. The van der Waals surface area contributed by atoms with Gasteiger partial charge in [-0.2, -0.15) is 0 Å². The van der Waals surface area contributed by atoms with Gasteiger partial charge in [-0.3, -0.25) is 0 Å². The molecular weight excluding hydrogens is 284 g/mol. The summed E-state index contributed by atoms with van der Waals surface area (Å²) in [7, 11) is 0. The summed E-state index contributed by atoms with van der Waals surface area (Å²) in [4.78, 5) is 7.14. The Balaban J connectivity index is 1.92. The summed E-state index contributed by atoms with van der Waals surface area (Å²) < 4.78 is 5.78. The Bertz CT molecular complexity index is 615. The van der Waals surface area contributed by atoms with E-state index in [1.165, 1.54) is 0 Å². The highest BCUT2D eigenvalue weighted by atomic mass is 35.5. The lowest BCUT2D eigenvalue weighted by atomic mass is 10.1. The van der Waals surface area contributed by atoms with Crippen molar-refractivity contribution < 1.29 is 4.74 Å². The lowest BCUT2D eigenvalue weighted by Crippen LogP contribution is -2.40. The molecule has 0 saturated carbocycles. The molecule has 21 heavy (non-hydrogen) atoms. The van der Waals surface area contributed by atoms with Crippen molar-refractivity contribution in [2.24, 2.45) is 0 Å².